The zero-order chi connectivity index (χ0) is 9.86. The molecular weight excluding hydrogens is 340 g/mol. The molecule has 0 aliphatic heterocycles. The van der Waals surface area contributed by atoms with E-state index in [1.54, 1.807) is 0 Å². The SMILES string of the molecule is CC(=O)/C=C(/C)[O-].[C-]#[O+].[C-]#[O+].[Ir]. The molecule has 0 rings (SSSR count). The largest absolute Gasteiger partial charge is 0 e. The van der Waals surface area contributed by atoms with Crippen LogP contribution in [0.25, 0.3) is 0 Å². The van der Waals surface area contributed by atoms with Crippen molar-refractivity contribution in [2.45, 2.75) is 13.8 Å². The van der Waals surface area contributed by atoms with E-state index >= 15 is 0 Å². The second-order valence-corrected chi connectivity index (χ2v) is 1.37. The molecule has 0 heterocycles. The number of carbonyl (C=O) groups is 1. The zero-order valence-corrected chi connectivity index (χ0v) is 8.94. The average molecular weight is 347 g/mol. The normalized spacial score (nSPS) is 7.00. The van der Waals surface area contributed by atoms with Crippen molar-refractivity contribution in [1.29, 1.82) is 0 Å². The van der Waals surface area contributed by atoms with E-state index in [9.17, 15) is 9.90 Å². The van der Waals surface area contributed by atoms with Crippen LogP contribution in [0.15, 0.2) is 11.8 Å². The van der Waals surface area contributed by atoms with Crippen molar-refractivity contribution in [3.05, 3.63) is 25.1 Å². The maximum absolute atomic E-state index is 9.98. The Morgan fingerprint density at radius 2 is 1.50 bits per heavy atom. The molecule has 0 saturated heterocycles. The molecule has 0 aromatic rings. The second kappa shape index (κ2) is 22.4. The standard InChI is InChI=1S/C5H8O2.2CO.Ir/c1-4(6)3-5(2)7;2*1-2;/h3,6H,1-2H3;;;/p-1/b4-3-;;;. The van der Waals surface area contributed by atoms with Crippen LogP contribution >= 0.6 is 0 Å². The molecule has 0 aliphatic carbocycles. The molecule has 12 heavy (non-hydrogen) atoms. The van der Waals surface area contributed by atoms with Crippen molar-refractivity contribution in [2.75, 3.05) is 0 Å². The van der Waals surface area contributed by atoms with E-state index in [4.69, 9.17) is 9.30 Å². The van der Waals surface area contributed by atoms with Crippen molar-refractivity contribution < 1.29 is 39.3 Å². The van der Waals surface area contributed by atoms with Crippen LogP contribution in [0.1, 0.15) is 13.8 Å². The van der Waals surface area contributed by atoms with Gasteiger partial charge in [-0.2, -0.15) is 0 Å². The fourth-order valence-corrected chi connectivity index (χ4v) is 0.286. The van der Waals surface area contributed by atoms with Gasteiger partial charge in [0.15, 0.2) is 5.78 Å². The Bertz CT molecular complexity index is 159. The topological polar surface area (TPSA) is 79.9 Å². The minimum atomic E-state index is -0.187. The summed E-state index contributed by atoms with van der Waals surface area (Å²) in [5, 5.41) is 9.98. The first-order valence-electron chi connectivity index (χ1n) is 2.39. The van der Waals surface area contributed by atoms with Crippen LogP contribution < -0.4 is 5.11 Å². The fraction of sp³-hybridized carbons (Fsp3) is 0.286. The molecule has 0 aliphatic rings. The quantitative estimate of drug-likeness (QED) is 0.284. The molecule has 0 aromatic heterocycles. The van der Waals surface area contributed by atoms with Crippen molar-refractivity contribution in [3.63, 3.8) is 0 Å². The Kier molecular flexibility index (Phi) is 42.1. The number of ketones is 1. The molecule has 5 heteroatoms. The fourth-order valence-electron chi connectivity index (χ4n) is 0.286. The summed E-state index contributed by atoms with van der Waals surface area (Å²) in [7, 11) is 0. The van der Waals surface area contributed by atoms with Crippen LogP contribution in [0.3, 0.4) is 0 Å². The van der Waals surface area contributed by atoms with Crippen LogP contribution in [0.5, 0.6) is 0 Å². The molecule has 0 unspecified atom stereocenters. The molecule has 4 nitrogen and oxygen atoms in total. The number of hydrogen-bond acceptors (Lipinski definition) is 2. The van der Waals surface area contributed by atoms with Crippen molar-refractivity contribution in [2.24, 2.45) is 0 Å². The third-order valence-corrected chi connectivity index (χ3v) is 0.407. The first-order chi connectivity index (χ1) is 5.13. The number of rotatable bonds is 1. The van der Waals surface area contributed by atoms with Crippen LogP contribution in [-0.4, -0.2) is 5.78 Å². The van der Waals surface area contributed by atoms with E-state index in [2.05, 4.69) is 13.3 Å². The van der Waals surface area contributed by atoms with Crippen molar-refractivity contribution >= 4 is 5.78 Å². The van der Waals surface area contributed by atoms with Gasteiger partial charge < -0.3 is 5.11 Å². The van der Waals surface area contributed by atoms with Gasteiger partial charge in [-0.25, -0.2) is 0 Å². The van der Waals surface area contributed by atoms with Gasteiger partial charge >= 0.3 is 22.6 Å². The van der Waals surface area contributed by atoms with Gasteiger partial charge in [0.1, 0.15) is 0 Å². The van der Waals surface area contributed by atoms with Gasteiger partial charge in [-0.15, -0.1) is 5.76 Å². The van der Waals surface area contributed by atoms with Crippen LogP contribution in [0.2, 0.25) is 0 Å². The maximum atomic E-state index is 9.98. The Morgan fingerprint density at radius 3 is 1.50 bits per heavy atom. The van der Waals surface area contributed by atoms with E-state index in [1.807, 2.05) is 0 Å². The van der Waals surface area contributed by atoms with Crippen LogP contribution in [0.4, 0.5) is 0 Å². The third kappa shape index (κ3) is 58.2. The molecule has 0 fully saturated rings. The molecule has 0 saturated carbocycles. The van der Waals surface area contributed by atoms with Gasteiger partial charge in [0.05, 0.1) is 0 Å². The molecular formula is C7H7IrO4-. The molecule has 0 N–H and O–H groups in total. The molecule has 0 spiro atoms. The summed E-state index contributed by atoms with van der Waals surface area (Å²) in [5.74, 6) is -0.375. The van der Waals surface area contributed by atoms with E-state index in [1.165, 1.54) is 13.8 Å². The molecule has 1 radical (unpaired) electrons. The summed E-state index contributed by atoms with van der Waals surface area (Å²) in [6.45, 7) is 11.7. The van der Waals surface area contributed by atoms with Gasteiger partial charge in [-0.3, -0.25) is 4.79 Å². The van der Waals surface area contributed by atoms with Gasteiger partial charge in [-0.05, 0) is 13.0 Å². The minimum absolute atomic E-state index is 0. The third-order valence-electron chi connectivity index (χ3n) is 0.407. The Balaban J connectivity index is -0.0000000560. The van der Waals surface area contributed by atoms with Gasteiger partial charge in [0, 0.05) is 20.1 Å². The minimum Gasteiger partial charge on any atom is 0 e. The van der Waals surface area contributed by atoms with E-state index < -0.39 is 0 Å². The molecule has 0 atom stereocenters. The smallest absolute Gasteiger partial charge is 0 e. The number of allylic oxidation sites excluding steroid dienone is 2. The number of hydrogen-bond donors (Lipinski definition) is 0. The molecule has 69 valence electrons. The first-order valence-corrected chi connectivity index (χ1v) is 2.39. The number of carbonyl (C=O) groups excluding carboxylic acids is 1. The summed E-state index contributed by atoms with van der Waals surface area (Å²) in [6.07, 6.45) is 1.06. The zero-order valence-electron chi connectivity index (χ0n) is 6.54. The predicted molar refractivity (Wildman–Crippen MR) is 32.3 cm³/mol. The Hall–Kier alpha value is -0.661. The van der Waals surface area contributed by atoms with E-state index in [-0.39, 0.29) is 31.6 Å². The monoisotopic (exact) mass is 348 g/mol. The van der Waals surface area contributed by atoms with Gasteiger partial charge in [-0.1, -0.05) is 6.92 Å². The summed E-state index contributed by atoms with van der Waals surface area (Å²) in [5.41, 5.74) is 0. The van der Waals surface area contributed by atoms with Crippen LogP contribution in [-0.2, 0) is 34.2 Å². The molecule has 0 bridgehead atoms. The van der Waals surface area contributed by atoms with Gasteiger partial charge in [0.2, 0.25) is 0 Å². The average Bonchev–Trinajstić information content (AvgIpc) is 1.93. The summed E-state index contributed by atoms with van der Waals surface area (Å²) >= 11 is 0. The van der Waals surface area contributed by atoms with E-state index in [0.717, 1.165) is 6.08 Å². The molecule has 0 amide bonds. The van der Waals surface area contributed by atoms with Crippen molar-refractivity contribution in [3.8, 4) is 0 Å². The van der Waals surface area contributed by atoms with Gasteiger partial charge in [0.25, 0.3) is 0 Å². The molecule has 0 aromatic carbocycles. The Labute approximate surface area is 84.4 Å². The Morgan fingerprint density at radius 1 is 1.25 bits per heavy atom. The van der Waals surface area contributed by atoms with Crippen LogP contribution in [0, 0.1) is 13.3 Å². The first kappa shape index (κ1) is 22.5. The summed E-state index contributed by atoms with van der Waals surface area (Å²) in [6, 6.07) is 0. The second-order valence-electron chi connectivity index (χ2n) is 1.37. The predicted octanol–water partition coefficient (Wildman–Crippen LogP) is -0.238. The summed E-state index contributed by atoms with van der Waals surface area (Å²) in [4.78, 5) is 9.98. The summed E-state index contributed by atoms with van der Waals surface area (Å²) < 4.78 is 15.0. The maximum Gasteiger partial charge on any atom is 0 e. The van der Waals surface area contributed by atoms with Crippen molar-refractivity contribution in [1.82, 2.24) is 0 Å². The van der Waals surface area contributed by atoms with E-state index in [0.29, 0.717) is 0 Å².